The molecular formula is C16H19OY+2. The molecule has 1 N–H and O–H groups in total. The maximum absolute atomic E-state index is 9.84. The van der Waals surface area contributed by atoms with Crippen LogP contribution in [0.1, 0.15) is 25.3 Å². The van der Waals surface area contributed by atoms with E-state index in [0.29, 0.717) is 11.8 Å². The standard InChI is InChI=1S/C16H19O.Y/c1-3-14-15(12(2)11-16(14)17)10-9-13-7-5-4-6-8-13;/h4-8,12,14-17H,9-11H2,2H3;/q-1;+3. The molecule has 0 radical (unpaired) electrons. The smallest absolute Gasteiger partial charge is 0.693 e. The van der Waals surface area contributed by atoms with Gasteiger partial charge < -0.3 is 17.5 Å². The Morgan fingerprint density at radius 1 is 1.33 bits per heavy atom. The quantitative estimate of drug-likeness (QED) is 0.672. The molecule has 4 unspecified atom stereocenters. The average molecular weight is 316 g/mol. The summed E-state index contributed by atoms with van der Waals surface area (Å²) in [5, 5.41) is 9.84. The maximum atomic E-state index is 9.84. The van der Waals surface area contributed by atoms with Crippen molar-refractivity contribution in [2.24, 2.45) is 17.8 Å². The van der Waals surface area contributed by atoms with Crippen LogP contribution in [0.5, 0.6) is 0 Å². The first-order valence-corrected chi connectivity index (χ1v) is 6.36. The molecule has 90 valence electrons. The third-order valence-electron chi connectivity index (χ3n) is 4.00. The zero-order valence-corrected chi connectivity index (χ0v) is 13.7. The molecule has 0 spiro atoms. The number of hydrogen-bond acceptors (Lipinski definition) is 1. The second-order valence-corrected chi connectivity index (χ2v) is 5.14. The Balaban J connectivity index is 0.00000162. The van der Waals surface area contributed by atoms with Crippen molar-refractivity contribution < 1.29 is 37.8 Å². The summed E-state index contributed by atoms with van der Waals surface area (Å²) in [6, 6.07) is 10.4. The summed E-state index contributed by atoms with van der Waals surface area (Å²) in [4.78, 5) is 0. The van der Waals surface area contributed by atoms with Gasteiger partial charge in [0.15, 0.2) is 0 Å². The fraction of sp³-hybridized carbons (Fsp3) is 0.500. The second kappa shape index (κ2) is 7.44. The molecule has 18 heavy (non-hydrogen) atoms. The minimum atomic E-state index is -0.358. The Hall–Kier alpha value is -0.156. The van der Waals surface area contributed by atoms with Crippen LogP contribution in [-0.4, -0.2) is 11.2 Å². The van der Waals surface area contributed by atoms with E-state index in [4.69, 9.17) is 6.42 Å². The third kappa shape index (κ3) is 3.67. The molecule has 0 aliphatic heterocycles. The van der Waals surface area contributed by atoms with Gasteiger partial charge in [-0.1, -0.05) is 37.3 Å². The van der Waals surface area contributed by atoms with Gasteiger partial charge in [0.1, 0.15) is 0 Å². The van der Waals surface area contributed by atoms with Crippen molar-refractivity contribution in [2.75, 3.05) is 0 Å². The van der Waals surface area contributed by atoms with Crippen LogP contribution in [0.4, 0.5) is 0 Å². The van der Waals surface area contributed by atoms with E-state index in [1.807, 2.05) is 6.07 Å². The average Bonchev–Trinajstić information content (AvgIpc) is 2.62. The molecule has 1 saturated carbocycles. The van der Waals surface area contributed by atoms with E-state index < -0.39 is 0 Å². The Labute approximate surface area is 135 Å². The van der Waals surface area contributed by atoms with Crippen LogP contribution < -0.4 is 0 Å². The molecule has 0 aromatic heterocycles. The van der Waals surface area contributed by atoms with Gasteiger partial charge in [0.2, 0.25) is 0 Å². The minimum absolute atomic E-state index is 0. The number of aliphatic hydroxyl groups is 1. The topological polar surface area (TPSA) is 20.2 Å². The number of aliphatic hydroxyl groups excluding tert-OH is 1. The molecule has 1 aliphatic rings. The van der Waals surface area contributed by atoms with Crippen molar-refractivity contribution in [3.63, 3.8) is 0 Å². The van der Waals surface area contributed by atoms with Crippen LogP contribution in [0, 0.1) is 30.1 Å². The van der Waals surface area contributed by atoms with Gasteiger partial charge in [-0.15, -0.1) is 0 Å². The van der Waals surface area contributed by atoms with Crippen molar-refractivity contribution in [3.05, 3.63) is 42.3 Å². The second-order valence-electron chi connectivity index (χ2n) is 5.14. The van der Waals surface area contributed by atoms with Crippen LogP contribution >= 0.6 is 0 Å². The summed E-state index contributed by atoms with van der Waals surface area (Å²) in [6.07, 6.45) is 9.85. The SMILES string of the molecule is [C-]#CC1C(O)CC(C)C1CCc1ccccc1.[Y+3]. The van der Waals surface area contributed by atoms with Crippen molar-refractivity contribution in [2.45, 2.75) is 32.3 Å². The van der Waals surface area contributed by atoms with Crippen LogP contribution in [-0.2, 0) is 39.1 Å². The first kappa shape index (κ1) is 15.9. The van der Waals surface area contributed by atoms with Gasteiger partial charge in [-0.25, -0.2) is 0 Å². The van der Waals surface area contributed by atoms with Gasteiger partial charge in [-0.05, 0) is 36.7 Å². The van der Waals surface area contributed by atoms with Crippen molar-refractivity contribution >= 4 is 0 Å². The van der Waals surface area contributed by atoms with Gasteiger partial charge in [-0.2, -0.15) is 0 Å². The molecule has 2 heteroatoms. The molecule has 1 aliphatic carbocycles. The van der Waals surface area contributed by atoms with Gasteiger partial charge in [0.25, 0.3) is 0 Å². The summed E-state index contributed by atoms with van der Waals surface area (Å²) in [6.45, 7) is 2.18. The van der Waals surface area contributed by atoms with E-state index in [-0.39, 0.29) is 44.7 Å². The van der Waals surface area contributed by atoms with E-state index in [0.717, 1.165) is 19.3 Å². The molecule has 0 amide bonds. The Bertz CT molecular complexity index is 395. The Morgan fingerprint density at radius 2 is 2.00 bits per heavy atom. The fourth-order valence-corrected chi connectivity index (χ4v) is 2.99. The fourth-order valence-electron chi connectivity index (χ4n) is 2.99. The van der Waals surface area contributed by atoms with Gasteiger partial charge in [0, 0.05) is 5.92 Å². The van der Waals surface area contributed by atoms with Crippen LogP contribution in [0.2, 0.25) is 0 Å². The summed E-state index contributed by atoms with van der Waals surface area (Å²) < 4.78 is 0. The first-order chi connectivity index (χ1) is 8.22. The number of benzene rings is 1. The van der Waals surface area contributed by atoms with E-state index in [2.05, 4.69) is 37.1 Å². The zero-order chi connectivity index (χ0) is 12.3. The summed E-state index contributed by atoms with van der Waals surface area (Å²) in [5.74, 6) is 3.37. The number of hydrogen-bond donors (Lipinski definition) is 1. The van der Waals surface area contributed by atoms with E-state index >= 15 is 0 Å². The van der Waals surface area contributed by atoms with Gasteiger partial charge >= 0.3 is 32.7 Å². The molecule has 1 nitrogen and oxygen atoms in total. The van der Waals surface area contributed by atoms with Crippen LogP contribution in [0.25, 0.3) is 0 Å². The largest absolute Gasteiger partial charge is 3.00 e. The third-order valence-corrected chi connectivity index (χ3v) is 4.00. The van der Waals surface area contributed by atoms with E-state index in [9.17, 15) is 5.11 Å². The Kier molecular flexibility index (Phi) is 6.57. The van der Waals surface area contributed by atoms with E-state index in [1.165, 1.54) is 5.56 Å². The molecule has 1 aromatic rings. The summed E-state index contributed by atoms with van der Waals surface area (Å²) >= 11 is 0. The normalized spacial score (nSPS) is 30.5. The van der Waals surface area contributed by atoms with Gasteiger partial charge in [-0.3, -0.25) is 0 Å². The van der Waals surface area contributed by atoms with Crippen molar-refractivity contribution in [3.8, 4) is 5.92 Å². The molecule has 2 rings (SSSR count). The first-order valence-electron chi connectivity index (χ1n) is 6.36. The van der Waals surface area contributed by atoms with E-state index in [1.54, 1.807) is 0 Å². The van der Waals surface area contributed by atoms with Gasteiger partial charge in [0.05, 0.1) is 6.10 Å². The predicted molar refractivity (Wildman–Crippen MR) is 68.7 cm³/mol. The molecule has 4 atom stereocenters. The monoisotopic (exact) mass is 316 g/mol. The molecule has 1 fully saturated rings. The summed E-state index contributed by atoms with van der Waals surface area (Å²) in [5.41, 5.74) is 1.34. The molecule has 0 heterocycles. The molecular weight excluding hydrogens is 297 g/mol. The predicted octanol–water partition coefficient (Wildman–Crippen LogP) is 2.84. The molecule has 0 bridgehead atoms. The molecule has 1 aromatic carbocycles. The summed E-state index contributed by atoms with van der Waals surface area (Å²) in [7, 11) is 0. The number of aryl methyl sites for hydroxylation is 1. The number of rotatable bonds is 3. The maximum Gasteiger partial charge on any atom is 3.00 e. The Morgan fingerprint density at radius 3 is 2.61 bits per heavy atom. The van der Waals surface area contributed by atoms with Crippen molar-refractivity contribution in [1.82, 2.24) is 0 Å². The minimum Gasteiger partial charge on any atom is -0.693 e. The van der Waals surface area contributed by atoms with Crippen LogP contribution in [0.15, 0.2) is 30.3 Å². The zero-order valence-electron chi connectivity index (χ0n) is 10.8. The molecule has 0 saturated heterocycles. The van der Waals surface area contributed by atoms with Crippen molar-refractivity contribution in [1.29, 1.82) is 0 Å². The van der Waals surface area contributed by atoms with Crippen LogP contribution in [0.3, 0.4) is 0 Å².